The number of hydrogen-bond acceptors (Lipinski definition) is 7. The van der Waals surface area contributed by atoms with Gasteiger partial charge in [-0.1, -0.05) is 6.08 Å². The minimum atomic E-state index is -1.15. The van der Waals surface area contributed by atoms with E-state index >= 15 is 0 Å². The molecule has 2 rings (SSSR count). The van der Waals surface area contributed by atoms with Crippen LogP contribution in [-0.2, 0) is 28.5 Å². The second-order valence-electron chi connectivity index (χ2n) is 5.52. The van der Waals surface area contributed by atoms with Crippen molar-refractivity contribution in [3.8, 4) is 0 Å². The molecule has 2 aliphatic heterocycles. The van der Waals surface area contributed by atoms with Crippen molar-refractivity contribution >= 4 is 5.97 Å². The van der Waals surface area contributed by atoms with Gasteiger partial charge in [0.1, 0.15) is 24.4 Å². The van der Waals surface area contributed by atoms with Crippen molar-refractivity contribution in [1.29, 1.82) is 0 Å². The van der Waals surface area contributed by atoms with Gasteiger partial charge in [-0.25, -0.2) is 0 Å². The molecule has 21 heavy (non-hydrogen) atoms. The number of ether oxygens (including phenoxy) is 5. The van der Waals surface area contributed by atoms with Gasteiger partial charge < -0.3 is 28.8 Å². The van der Waals surface area contributed by atoms with E-state index in [2.05, 4.69) is 6.58 Å². The van der Waals surface area contributed by atoms with E-state index in [1.165, 1.54) is 6.92 Å². The van der Waals surface area contributed by atoms with Crippen molar-refractivity contribution in [2.24, 2.45) is 0 Å². The average Bonchev–Trinajstić information content (AvgIpc) is 2.38. The zero-order chi connectivity index (χ0) is 15.6. The van der Waals surface area contributed by atoms with Crippen LogP contribution in [0.5, 0.6) is 0 Å². The maximum absolute atomic E-state index is 11.1. The zero-order valence-electron chi connectivity index (χ0n) is 12.5. The Morgan fingerprint density at radius 2 is 2.24 bits per heavy atom. The highest BCUT2D eigenvalue weighted by molar-refractivity contribution is 5.66. The van der Waals surface area contributed by atoms with Crippen molar-refractivity contribution in [3.63, 3.8) is 0 Å². The summed E-state index contributed by atoms with van der Waals surface area (Å²) in [7, 11) is 0. The van der Waals surface area contributed by atoms with Gasteiger partial charge in [-0.15, -0.1) is 6.58 Å². The molecule has 0 unspecified atom stereocenters. The molecule has 0 amide bonds. The first-order valence-corrected chi connectivity index (χ1v) is 6.89. The average molecular weight is 302 g/mol. The Bertz CT molecular complexity index is 395. The van der Waals surface area contributed by atoms with Crippen LogP contribution in [0.4, 0.5) is 0 Å². The molecule has 0 aromatic carbocycles. The number of carbonyl (C=O) groups excluding carboxylic acids is 1. The van der Waals surface area contributed by atoms with Crippen LogP contribution in [0.3, 0.4) is 0 Å². The number of rotatable bonds is 4. The van der Waals surface area contributed by atoms with Crippen molar-refractivity contribution in [1.82, 2.24) is 0 Å². The Kier molecular flexibility index (Phi) is 5.00. The lowest BCUT2D eigenvalue weighted by molar-refractivity contribution is -0.380. The fraction of sp³-hybridized carbons (Fsp3) is 0.786. The first-order chi connectivity index (χ1) is 9.84. The number of fused-ring (bicyclic) bond motifs is 1. The summed E-state index contributed by atoms with van der Waals surface area (Å²) in [6, 6.07) is 0. The van der Waals surface area contributed by atoms with Crippen molar-refractivity contribution < 1.29 is 33.6 Å². The summed E-state index contributed by atoms with van der Waals surface area (Å²) in [6.45, 7) is 8.88. The van der Waals surface area contributed by atoms with Crippen molar-refractivity contribution in [2.45, 2.75) is 57.3 Å². The first kappa shape index (κ1) is 16.4. The molecular weight excluding hydrogens is 280 g/mol. The van der Waals surface area contributed by atoms with E-state index in [0.717, 1.165) is 0 Å². The molecule has 0 aliphatic carbocycles. The van der Waals surface area contributed by atoms with Gasteiger partial charge >= 0.3 is 5.97 Å². The van der Waals surface area contributed by atoms with Crippen LogP contribution >= 0.6 is 0 Å². The third kappa shape index (κ3) is 3.81. The standard InChI is InChI=1S/C14H22O7/c1-5-6-17-12-10(16)13(19-8(2)15)20-9-7-18-14(3,4)21-11(9)12/h5,9-13,16H,1,6-7H2,2-4H3/t9-,10-,11-,12-,13-/m1/s1. The molecule has 5 atom stereocenters. The summed E-state index contributed by atoms with van der Waals surface area (Å²) in [4.78, 5) is 11.1. The van der Waals surface area contributed by atoms with Crippen LogP contribution in [-0.4, -0.2) is 60.8 Å². The van der Waals surface area contributed by atoms with Crippen molar-refractivity contribution in [2.75, 3.05) is 13.2 Å². The van der Waals surface area contributed by atoms with Gasteiger partial charge in [-0.3, -0.25) is 4.79 Å². The molecular formula is C14H22O7. The Morgan fingerprint density at radius 3 is 2.86 bits per heavy atom. The second kappa shape index (κ2) is 6.41. The largest absolute Gasteiger partial charge is 0.433 e. The molecule has 2 heterocycles. The van der Waals surface area contributed by atoms with Crippen LogP contribution in [0.1, 0.15) is 20.8 Å². The Hall–Kier alpha value is -0.990. The van der Waals surface area contributed by atoms with Gasteiger partial charge in [0.25, 0.3) is 0 Å². The number of aliphatic hydroxyl groups is 1. The van der Waals surface area contributed by atoms with E-state index in [1.54, 1.807) is 19.9 Å². The molecule has 0 aromatic rings. The SMILES string of the molecule is C=CCO[C@@H]1[C@@H](O)[C@H](OC(C)=O)O[C@@H]2COC(C)(C)O[C@@H]12. The number of hydrogen-bond donors (Lipinski definition) is 1. The minimum Gasteiger partial charge on any atom is -0.433 e. The lowest BCUT2D eigenvalue weighted by Gasteiger charge is -2.49. The van der Waals surface area contributed by atoms with Gasteiger partial charge in [0, 0.05) is 6.92 Å². The van der Waals surface area contributed by atoms with Crippen molar-refractivity contribution in [3.05, 3.63) is 12.7 Å². The third-order valence-electron chi connectivity index (χ3n) is 3.32. The van der Waals surface area contributed by atoms with E-state index in [4.69, 9.17) is 23.7 Å². The van der Waals surface area contributed by atoms with Crippen LogP contribution < -0.4 is 0 Å². The highest BCUT2D eigenvalue weighted by Gasteiger charge is 2.52. The molecule has 0 bridgehead atoms. The molecule has 0 aromatic heterocycles. The van der Waals surface area contributed by atoms with E-state index in [1.807, 2.05) is 0 Å². The zero-order valence-corrected chi connectivity index (χ0v) is 12.5. The lowest BCUT2D eigenvalue weighted by atomic mass is 9.97. The molecule has 0 radical (unpaired) electrons. The summed E-state index contributed by atoms with van der Waals surface area (Å²) < 4.78 is 27.5. The van der Waals surface area contributed by atoms with Gasteiger partial charge in [-0.05, 0) is 13.8 Å². The first-order valence-electron chi connectivity index (χ1n) is 6.89. The fourth-order valence-electron chi connectivity index (χ4n) is 2.45. The molecule has 2 aliphatic rings. The topological polar surface area (TPSA) is 83.5 Å². The van der Waals surface area contributed by atoms with Crippen LogP contribution in [0, 0.1) is 0 Å². The monoisotopic (exact) mass is 302 g/mol. The van der Waals surface area contributed by atoms with E-state index < -0.39 is 42.5 Å². The maximum atomic E-state index is 11.1. The highest BCUT2D eigenvalue weighted by atomic mass is 16.8. The third-order valence-corrected chi connectivity index (χ3v) is 3.32. The summed E-state index contributed by atoms with van der Waals surface area (Å²) in [5.74, 6) is -1.34. The molecule has 1 N–H and O–H groups in total. The lowest BCUT2D eigenvalue weighted by Crippen LogP contribution is -2.65. The molecule has 0 saturated carbocycles. The van der Waals surface area contributed by atoms with Crippen LogP contribution in [0.15, 0.2) is 12.7 Å². The van der Waals surface area contributed by atoms with Gasteiger partial charge in [0.2, 0.25) is 6.29 Å². The molecule has 2 fully saturated rings. The highest BCUT2D eigenvalue weighted by Crippen LogP contribution is 2.34. The van der Waals surface area contributed by atoms with Crippen LogP contribution in [0.25, 0.3) is 0 Å². The summed E-state index contributed by atoms with van der Waals surface area (Å²) >= 11 is 0. The Balaban J connectivity index is 2.16. The Morgan fingerprint density at radius 1 is 1.52 bits per heavy atom. The quantitative estimate of drug-likeness (QED) is 0.593. The van der Waals surface area contributed by atoms with Gasteiger partial charge in [0.05, 0.1) is 13.2 Å². The number of esters is 1. The summed E-state index contributed by atoms with van der Waals surface area (Å²) in [5, 5.41) is 10.3. The predicted octanol–water partition coefficient (Wildman–Crippen LogP) is 0.358. The number of carbonyl (C=O) groups is 1. The van der Waals surface area contributed by atoms with E-state index in [-0.39, 0.29) is 13.2 Å². The van der Waals surface area contributed by atoms with Gasteiger partial charge in [-0.2, -0.15) is 0 Å². The Labute approximate surface area is 123 Å². The maximum Gasteiger partial charge on any atom is 0.305 e. The second-order valence-corrected chi connectivity index (χ2v) is 5.52. The van der Waals surface area contributed by atoms with E-state index in [0.29, 0.717) is 0 Å². The van der Waals surface area contributed by atoms with E-state index in [9.17, 15) is 9.90 Å². The molecule has 0 spiro atoms. The molecule has 120 valence electrons. The van der Waals surface area contributed by atoms with Crippen LogP contribution in [0.2, 0.25) is 0 Å². The smallest absolute Gasteiger partial charge is 0.305 e. The normalized spacial score (nSPS) is 38.4. The molecule has 2 saturated heterocycles. The summed E-state index contributed by atoms with van der Waals surface area (Å²) in [5.41, 5.74) is 0. The molecule has 7 heteroatoms. The minimum absolute atomic E-state index is 0.238. The molecule has 7 nitrogen and oxygen atoms in total. The fourth-order valence-corrected chi connectivity index (χ4v) is 2.45. The number of aliphatic hydroxyl groups excluding tert-OH is 1. The van der Waals surface area contributed by atoms with Gasteiger partial charge in [0.15, 0.2) is 5.79 Å². The predicted molar refractivity (Wildman–Crippen MR) is 71.3 cm³/mol. The summed E-state index contributed by atoms with van der Waals surface area (Å²) in [6.07, 6.45) is -2.39.